The van der Waals surface area contributed by atoms with Gasteiger partial charge in [0, 0.05) is 23.3 Å². The van der Waals surface area contributed by atoms with E-state index < -0.39 is 0 Å². The SMILES string of the molecule is Cc1ccc2c(OCCN3CCC(Cc4ccc5c(c4)NC(=O)C5)CC3)cccc2n1. The first-order valence-electron chi connectivity index (χ1n) is 11.3. The minimum Gasteiger partial charge on any atom is -0.492 e. The van der Waals surface area contributed by atoms with Crippen molar-refractivity contribution in [1.29, 1.82) is 0 Å². The van der Waals surface area contributed by atoms with Gasteiger partial charge in [0.15, 0.2) is 0 Å². The number of nitrogens with one attached hydrogen (secondary N) is 1. The lowest BCUT2D eigenvalue weighted by Gasteiger charge is -2.32. The largest absolute Gasteiger partial charge is 0.492 e. The number of pyridine rings is 1. The van der Waals surface area contributed by atoms with Crippen molar-refractivity contribution < 1.29 is 9.53 Å². The van der Waals surface area contributed by atoms with Gasteiger partial charge in [-0.25, -0.2) is 0 Å². The van der Waals surface area contributed by atoms with Crippen molar-refractivity contribution in [3.05, 3.63) is 65.4 Å². The molecule has 1 N–H and O–H groups in total. The number of benzene rings is 2. The molecule has 1 saturated heterocycles. The van der Waals surface area contributed by atoms with E-state index in [1.165, 1.54) is 18.4 Å². The summed E-state index contributed by atoms with van der Waals surface area (Å²) in [6, 6.07) is 16.7. The number of likely N-dealkylation sites (tertiary alicyclic amines) is 1. The highest BCUT2D eigenvalue weighted by molar-refractivity contribution is 5.99. The summed E-state index contributed by atoms with van der Waals surface area (Å²) < 4.78 is 6.12. The van der Waals surface area contributed by atoms with Gasteiger partial charge in [-0.2, -0.15) is 0 Å². The molecule has 1 amide bonds. The highest BCUT2D eigenvalue weighted by Gasteiger charge is 2.21. The summed E-state index contributed by atoms with van der Waals surface area (Å²) in [5, 5.41) is 4.05. The molecule has 2 aromatic carbocycles. The molecule has 5 rings (SSSR count). The Hall–Kier alpha value is -2.92. The van der Waals surface area contributed by atoms with E-state index >= 15 is 0 Å². The van der Waals surface area contributed by atoms with Crippen LogP contribution in [0.4, 0.5) is 5.69 Å². The van der Waals surface area contributed by atoms with E-state index in [2.05, 4.69) is 39.5 Å². The van der Waals surface area contributed by atoms with Gasteiger partial charge in [-0.15, -0.1) is 0 Å². The Morgan fingerprint density at radius 2 is 2.00 bits per heavy atom. The summed E-state index contributed by atoms with van der Waals surface area (Å²) in [5.41, 5.74) is 5.49. The van der Waals surface area contributed by atoms with Crippen LogP contribution in [0.2, 0.25) is 0 Å². The van der Waals surface area contributed by atoms with Gasteiger partial charge in [0.2, 0.25) is 5.91 Å². The first kappa shape index (κ1) is 20.0. The second-order valence-electron chi connectivity index (χ2n) is 8.83. The van der Waals surface area contributed by atoms with Crippen molar-refractivity contribution in [3.8, 4) is 5.75 Å². The zero-order chi connectivity index (χ0) is 21.2. The number of fused-ring (bicyclic) bond motifs is 2. The maximum absolute atomic E-state index is 11.6. The van der Waals surface area contributed by atoms with Gasteiger partial charge in [-0.3, -0.25) is 14.7 Å². The summed E-state index contributed by atoms with van der Waals surface area (Å²) in [5.74, 6) is 1.74. The van der Waals surface area contributed by atoms with Crippen LogP contribution in [0.1, 0.15) is 29.7 Å². The van der Waals surface area contributed by atoms with E-state index in [1.54, 1.807) is 0 Å². The number of aromatic nitrogens is 1. The summed E-state index contributed by atoms with van der Waals surface area (Å²) in [7, 11) is 0. The summed E-state index contributed by atoms with van der Waals surface area (Å²) in [6.07, 6.45) is 4.03. The van der Waals surface area contributed by atoms with E-state index in [4.69, 9.17) is 4.74 Å². The Morgan fingerprint density at radius 1 is 1.13 bits per heavy atom. The van der Waals surface area contributed by atoms with Crippen LogP contribution in [0.15, 0.2) is 48.5 Å². The molecule has 1 aromatic heterocycles. The van der Waals surface area contributed by atoms with Gasteiger partial charge in [0.25, 0.3) is 0 Å². The zero-order valence-corrected chi connectivity index (χ0v) is 18.1. The maximum atomic E-state index is 11.6. The molecule has 1 fully saturated rings. The van der Waals surface area contributed by atoms with Crippen molar-refractivity contribution in [2.75, 3.05) is 31.6 Å². The molecule has 0 unspecified atom stereocenters. The fourth-order valence-electron chi connectivity index (χ4n) is 4.78. The third kappa shape index (κ3) is 4.57. The number of piperidine rings is 1. The van der Waals surface area contributed by atoms with E-state index in [1.807, 2.05) is 31.2 Å². The predicted octanol–water partition coefficient (Wildman–Crippen LogP) is 4.37. The number of anilines is 1. The van der Waals surface area contributed by atoms with Crippen molar-refractivity contribution in [1.82, 2.24) is 9.88 Å². The fourth-order valence-corrected chi connectivity index (χ4v) is 4.78. The molecule has 0 aliphatic carbocycles. The molecule has 0 spiro atoms. The van der Waals surface area contributed by atoms with Gasteiger partial charge in [-0.05, 0) is 86.7 Å². The first-order chi connectivity index (χ1) is 15.1. The molecular weight excluding hydrogens is 386 g/mol. The van der Waals surface area contributed by atoms with Crippen LogP contribution in [-0.2, 0) is 17.6 Å². The van der Waals surface area contributed by atoms with E-state index in [0.717, 1.165) is 59.7 Å². The number of carbonyl (C=O) groups is 1. The Morgan fingerprint density at radius 3 is 2.87 bits per heavy atom. The van der Waals surface area contributed by atoms with Gasteiger partial charge in [0.05, 0.1) is 11.9 Å². The lowest BCUT2D eigenvalue weighted by atomic mass is 9.89. The number of rotatable bonds is 6. The highest BCUT2D eigenvalue weighted by Crippen LogP contribution is 2.28. The third-order valence-electron chi connectivity index (χ3n) is 6.53. The minimum atomic E-state index is 0.109. The fraction of sp³-hybridized carbons (Fsp3) is 0.385. The number of hydrogen-bond acceptors (Lipinski definition) is 4. The normalized spacial score (nSPS) is 17.0. The van der Waals surface area contributed by atoms with Crippen LogP contribution in [0.25, 0.3) is 10.9 Å². The monoisotopic (exact) mass is 415 g/mol. The molecule has 5 heteroatoms. The van der Waals surface area contributed by atoms with Crippen LogP contribution >= 0.6 is 0 Å². The predicted molar refractivity (Wildman–Crippen MR) is 124 cm³/mol. The lowest BCUT2D eigenvalue weighted by Crippen LogP contribution is -2.37. The molecule has 5 nitrogen and oxygen atoms in total. The Kier molecular flexibility index (Phi) is 5.60. The van der Waals surface area contributed by atoms with Crippen LogP contribution in [0.5, 0.6) is 5.75 Å². The molecule has 3 aromatic rings. The Bertz CT molecular complexity index is 1100. The van der Waals surface area contributed by atoms with Crippen molar-refractivity contribution in [2.24, 2.45) is 5.92 Å². The van der Waals surface area contributed by atoms with Crippen LogP contribution in [0.3, 0.4) is 0 Å². The smallest absolute Gasteiger partial charge is 0.228 e. The van der Waals surface area contributed by atoms with Crippen molar-refractivity contribution >= 4 is 22.5 Å². The van der Waals surface area contributed by atoms with E-state index in [-0.39, 0.29) is 5.91 Å². The van der Waals surface area contributed by atoms with Gasteiger partial charge in [-0.1, -0.05) is 18.2 Å². The van der Waals surface area contributed by atoms with Crippen LogP contribution in [-0.4, -0.2) is 42.0 Å². The molecule has 2 aliphatic rings. The molecular formula is C26H29N3O2. The molecule has 0 saturated carbocycles. The van der Waals surface area contributed by atoms with Crippen LogP contribution in [0, 0.1) is 12.8 Å². The van der Waals surface area contributed by atoms with Gasteiger partial charge >= 0.3 is 0 Å². The summed E-state index contributed by atoms with van der Waals surface area (Å²) in [6.45, 7) is 5.90. The van der Waals surface area contributed by atoms with E-state index in [0.29, 0.717) is 18.9 Å². The zero-order valence-electron chi connectivity index (χ0n) is 18.1. The van der Waals surface area contributed by atoms with Crippen LogP contribution < -0.4 is 10.1 Å². The molecule has 0 bridgehead atoms. The second-order valence-corrected chi connectivity index (χ2v) is 8.83. The third-order valence-corrected chi connectivity index (χ3v) is 6.53. The number of hydrogen-bond donors (Lipinski definition) is 1. The quantitative estimate of drug-likeness (QED) is 0.650. The maximum Gasteiger partial charge on any atom is 0.228 e. The number of aryl methyl sites for hydroxylation is 1. The average molecular weight is 416 g/mol. The second kappa shape index (κ2) is 8.67. The van der Waals surface area contributed by atoms with Crippen molar-refractivity contribution in [2.45, 2.75) is 32.6 Å². The van der Waals surface area contributed by atoms with Crippen molar-refractivity contribution in [3.63, 3.8) is 0 Å². The number of nitrogens with zero attached hydrogens (tertiary/aromatic N) is 2. The minimum absolute atomic E-state index is 0.109. The molecule has 160 valence electrons. The molecule has 0 atom stereocenters. The average Bonchev–Trinajstić information content (AvgIpc) is 3.14. The number of ether oxygens (including phenoxy) is 1. The molecule has 0 radical (unpaired) electrons. The molecule has 2 aliphatic heterocycles. The standard InChI is InChI=1S/C26H29N3O2/c1-18-5-8-22-23(27-18)3-2-4-25(22)31-14-13-29-11-9-19(10-12-29)15-20-6-7-21-17-26(30)28-24(21)16-20/h2-8,16,19H,9-15,17H2,1H3,(H,28,30). The lowest BCUT2D eigenvalue weighted by molar-refractivity contribution is -0.115. The van der Waals surface area contributed by atoms with Gasteiger partial charge in [0.1, 0.15) is 12.4 Å². The first-order valence-corrected chi connectivity index (χ1v) is 11.3. The molecule has 3 heterocycles. The summed E-state index contributed by atoms with van der Waals surface area (Å²) >= 11 is 0. The molecule has 31 heavy (non-hydrogen) atoms. The van der Waals surface area contributed by atoms with E-state index in [9.17, 15) is 4.79 Å². The summed E-state index contributed by atoms with van der Waals surface area (Å²) in [4.78, 5) is 18.7. The highest BCUT2D eigenvalue weighted by atomic mass is 16.5. The number of amides is 1. The Balaban J connectivity index is 1.10. The number of carbonyl (C=O) groups excluding carboxylic acids is 1. The Labute approximate surface area is 183 Å². The van der Waals surface area contributed by atoms with Gasteiger partial charge < -0.3 is 10.1 Å². The topological polar surface area (TPSA) is 54.5 Å².